The molecule has 0 rings (SSSR count). The number of aliphatic hydroxyl groups is 4. The van der Waals surface area contributed by atoms with E-state index in [4.69, 9.17) is 10.2 Å². The van der Waals surface area contributed by atoms with E-state index >= 15 is 0 Å². The van der Waals surface area contributed by atoms with Crippen LogP contribution in [0.3, 0.4) is 0 Å². The molecule has 0 saturated carbocycles. The van der Waals surface area contributed by atoms with Crippen molar-refractivity contribution in [3.63, 3.8) is 0 Å². The van der Waals surface area contributed by atoms with Gasteiger partial charge in [-0.3, -0.25) is 4.99 Å². The van der Waals surface area contributed by atoms with Crippen LogP contribution in [0.2, 0.25) is 0 Å². The third-order valence-corrected chi connectivity index (χ3v) is 2.75. The molecule has 20 heavy (non-hydrogen) atoms. The second-order valence-electron chi connectivity index (χ2n) is 4.63. The maximum absolute atomic E-state index is 11.9. The molecule has 0 aromatic carbocycles. The van der Waals surface area contributed by atoms with Crippen LogP contribution < -0.4 is 0 Å². The average Bonchev–Trinajstić information content (AvgIpc) is 2.35. The van der Waals surface area contributed by atoms with Crippen molar-refractivity contribution in [1.29, 1.82) is 0 Å². The largest absolute Gasteiger partial charge is 0.391 e. The van der Waals surface area contributed by atoms with E-state index in [0.29, 0.717) is 12.8 Å². The molecule has 0 heterocycles. The van der Waals surface area contributed by atoms with E-state index in [1.807, 2.05) is 0 Å². The second kappa shape index (κ2) is 9.28. The van der Waals surface area contributed by atoms with Crippen LogP contribution in [0.5, 0.6) is 0 Å². The van der Waals surface area contributed by atoms with Crippen molar-refractivity contribution < 1.29 is 33.6 Å². The summed E-state index contributed by atoms with van der Waals surface area (Å²) in [5.74, 6) is 0. The van der Waals surface area contributed by atoms with Crippen LogP contribution in [-0.4, -0.2) is 63.8 Å². The molecular weight excluding hydrogens is 279 g/mol. The van der Waals surface area contributed by atoms with E-state index in [1.165, 1.54) is 6.92 Å². The van der Waals surface area contributed by atoms with E-state index in [9.17, 15) is 23.4 Å². The highest BCUT2D eigenvalue weighted by atomic mass is 19.4. The molecule has 0 aliphatic rings. The minimum atomic E-state index is -4.16. The highest BCUT2D eigenvalue weighted by Crippen LogP contribution is 2.22. The molecule has 0 amide bonds. The minimum absolute atomic E-state index is 0.00628. The Morgan fingerprint density at radius 1 is 1.10 bits per heavy atom. The lowest BCUT2D eigenvalue weighted by Gasteiger charge is -2.21. The maximum atomic E-state index is 11.9. The zero-order chi connectivity index (χ0) is 15.8. The zero-order valence-corrected chi connectivity index (χ0v) is 11.3. The Morgan fingerprint density at radius 2 is 1.70 bits per heavy atom. The van der Waals surface area contributed by atoms with Gasteiger partial charge in [-0.25, -0.2) is 0 Å². The first kappa shape index (κ1) is 19.3. The van der Waals surface area contributed by atoms with Gasteiger partial charge in [-0.05, 0) is 19.8 Å². The lowest BCUT2D eigenvalue weighted by molar-refractivity contribution is -0.135. The van der Waals surface area contributed by atoms with Crippen molar-refractivity contribution in [1.82, 2.24) is 0 Å². The smallest absolute Gasteiger partial charge is 0.389 e. The molecule has 0 aliphatic carbocycles. The van der Waals surface area contributed by atoms with Crippen molar-refractivity contribution in [2.24, 2.45) is 4.99 Å². The normalized spacial score (nSPS) is 17.9. The fourth-order valence-electron chi connectivity index (χ4n) is 1.53. The van der Waals surface area contributed by atoms with E-state index in [2.05, 4.69) is 4.99 Å². The van der Waals surface area contributed by atoms with Gasteiger partial charge in [-0.2, -0.15) is 13.2 Å². The first-order chi connectivity index (χ1) is 9.19. The number of alkyl halides is 3. The SMILES string of the molecule is C[C@H](O)[C@@H](O)[C@H](O)/C(CO)=N\CCCCCC(F)(F)F. The molecule has 5 nitrogen and oxygen atoms in total. The molecule has 0 fully saturated rings. The first-order valence-corrected chi connectivity index (χ1v) is 6.44. The summed E-state index contributed by atoms with van der Waals surface area (Å²) in [5, 5.41) is 37.1. The number of hydrogen-bond acceptors (Lipinski definition) is 5. The number of aliphatic hydroxyl groups excluding tert-OH is 4. The summed E-state index contributed by atoms with van der Waals surface area (Å²) in [6.07, 6.45) is -8.42. The number of hydrogen-bond donors (Lipinski definition) is 4. The quantitative estimate of drug-likeness (QED) is 0.371. The van der Waals surface area contributed by atoms with Gasteiger partial charge in [0.05, 0.1) is 18.4 Å². The summed E-state index contributed by atoms with van der Waals surface area (Å²) in [7, 11) is 0. The Labute approximate surface area is 115 Å². The topological polar surface area (TPSA) is 93.3 Å². The van der Waals surface area contributed by atoms with Gasteiger partial charge in [-0.15, -0.1) is 0 Å². The molecule has 0 aromatic rings. The van der Waals surface area contributed by atoms with E-state index in [1.54, 1.807) is 0 Å². The fourth-order valence-corrected chi connectivity index (χ4v) is 1.53. The van der Waals surface area contributed by atoms with Crippen molar-refractivity contribution in [3.05, 3.63) is 0 Å². The fraction of sp³-hybridized carbons (Fsp3) is 0.917. The van der Waals surface area contributed by atoms with Gasteiger partial charge < -0.3 is 20.4 Å². The molecule has 0 saturated heterocycles. The van der Waals surface area contributed by atoms with Crippen molar-refractivity contribution in [2.45, 2.75) is 57.1 Å². The number of rotatable bonds is 9. The van der Waals surface area contributed by atoms with Gasteiger partial charge in [0.2, 0.25) is 0 Å². The van der Waals surface area contributed by atoms with Crippen LogP contribution in [0.15, 0.2) is 4.99 Å². The summed E-state index contributed by atoms with van der Waals surface area (Å²) in [5.41, 5.74) is -0.0887. The molecule has 0 aromatic heterocycles. The summed E-state index contributed by atoms with van der Waals surface area (Å²) in [6.45, 7) is 0.838. The molecule has 0 spiro atoms. The van der Waals surface area contributed by atoms with Crippen LogP contribution >= 0.6 is 0 Å². The predicted molar refractivity (Wildman–Crippen MR) is 67.6 cm³/mol. The van der Waals surface area contributed by atoms with Crippen molar-refractivity contribution in [2.75, 3.05) is 13.2 Å². The van der Waals surface area contributed by atoms with Crippen LogP contribution in [0.1, 0.15) is 32.6 Å². The zero-order valence-electron chi connectivity index (χ0n) is 11.3. The second-order valence-corrected chi connectivity index (χ2v) is 4.63. The molecule has 0 unspecified atom stereocenters. The number of nitrogens with zero attached hydrogens (tertiary/aromatic N) is 1. The lowest BCUT2D eigenvalue weighted by Crippen LogP contribution is -2.42. The highest BCUT2D eigenvalue weighted by molar-refractivity contribution is 5.90. The molecule has 120 valence electrons. The standard InChI is InChI=1S/C12H22F3NO4/c1-8(18)10(19)11(20)9(7-17)16-6-4-2-3-5-12(13,14)15/h8,10-11,17-20H,2-7H2,1H3/b16-9-/t8-,10+,11+/m0/s1. The Bertz CT molecular complexity index is 295. The van der Waals surface area contributed by atoms with E-state index < -0.39 is 37.5 Å². The van der Waals surface area contributed by atoms with Crippen LogP contribution in [-0.2, 0) is 0 Å². The first-order valence-electron chi connectivity index (χ1n) is 6.44. The summed E-state index contributed by atoms with van der Waals surface area (Å²) in [4.78, 5) is 3.84. The van der Waals surface area contributed by atoms with Gasteiger partial charge in [0.25, 0.3) is 0 Å². The number of halogens is 3. The van der Waals surface area contributed by atoms with Crippen molar-refractivity contribution in [3.8, 4) is 0 Å². The summed E-state index contributed by atoms with van der Waals surface area (Å²) >= 11 is 0. The third kappa shape index (κ3) is 8.47. The third-order valence-electron chi connectivity index (χ3n) is 2.75. The lowest BCUT2D eigenvalue weighted by atomic mass is 10.1. The molecule has 8 heteroatoms. The summed E-state index contributed by atoms with van der Waals surface area (Å²) in [6, 6.07) is 0. The Balaban J connectivity index is 4.08. The Kier molecular flexibility index (Phi) is 8.95. The number of unbranched alkanes of at least 4 members (excludes halogenated alkanes) is 2. The van der Waals surface area contributed by atoms with Crippen LogP contribution in [0, 0.1) is 0 Å². The van der Waals surface area contributed by atoms with Crippen LogP contribution in [0.25, 0.3) is 0 Å². The molecule has 0 aliphatic heterocycles. The molecule has 4 N–H and O–H groups in total. The van der Waals surface area contributed by atoms with E-state index in [0.717, 1.165) is 0 Å². The molecule has 3 atom stereocenters. The molecule has 0 radical (unpaired) electrons. The van der Waals surface area contributed by atoms with Gasteiger partial charge in [0, 0.05) is 13.0 Å². The molecular formula is C12H22F3NO4. The Hall–Kier alpha value is -0.700. The number of aliphatic imine (C=N–C) groups is 1. The minimum Gasteiger partial charge on any atom is -0.391 e. The monoisotopic (exact) mass is 301 g/mol. The summed E-state index contributed by atoms with van der Waals surface area (Å²) < 4.78 is 35.6. The maximum Gasteiger partial charge on any atom is 0.389 e. The van der Waals surface area contributed by atoms with E-state index in [-0.39, 0.29) is 18.7 Å². The van der Waals surface area contributed by atoms with Gasteiger partial charge in [-0.1, -0.05) is 6.42 Å². The van der Waals surface area contributed by atoms with Crippen molar-refractivity contribution >= 4 is 5.71 Å². The average molecular weight is 301 g/mol. The van der Waals surface area contributed by atoms with Crippen LogP contribution in [0.4, 0.5) is 13.2 Å². The van der Waals surface area contributed by atoms with Gasteiger partial charge >= 0.3 is 6.18 Å². The van der Waals surface area contributed by atoms with Gasteiger partial charge in [0.15, 0.2) is 0 Å². The Morgan fingerprint density at radius 3 is 2.15 bits per heavy atom. The van der Waals surface area contributed by atoms with Gasteiger partial charge in [0.1, 0.15) is 12.2 Å². The highest BCUT2D eigenvalue weighted by Gasteiger charge is 2.26. The molecule has 0 bridgehead atoms. The predicted octanol–water partition coefficient (Wildman–Crippen LogP) is 0.645.